The topological polar surface area (TPSA) is 47.4 Å². The molecule has 1 aliphatic heterocycles. The van der Waals surface area contributed by atoms with Gasteiger partial charge in [-0.05, 0) is 20.8 Å². The number of ether oxygens (including phenoxy) is 1. The molecule has 2 rings (SSSR count). The van der Waals surface area contributed by atoms with Gasteiger partial charge < -0.3 is 22.6 Å². The Balaban J connectivity index is 2.18. The van der Waals surface area contributed by atoms with Gasteiger partial charge >= 0.3 is 13.1 Å². The summed E-state index contributed by atoms with van der Waals surface area (Å²) in [6.45, 7) is 0.397. The van der Waals surface area contributed by atoms with Crippen molar-refractivity contribution in [2.75, 3.05) is 6.54 Å². The van der Waals surface area contributed by atoms with Gasteiger partial charge in [-0.1, -0.05) is 5.46 Å². The molecule has 1 aromatic heterocycles. The van der Waals surface area contributed by atoms with E-state index in [1.807, 2.05) is 0 Å². The van der Waals surface area contributed by atoms with Crippen molar-refractivity contribution in [3.8, 4) is 0 Å². The SMILES string of the molecule is CC(C)(C)OC(=O)N1CCn2ncc([B-](F)(F)F)c2C1. The van der Waals surface area contributed by atoms with Crippen LogP contribution in [0.15, 0.2) is 6.20 Å². The Kier molecular flexibility index (Phi) is 3.47. The fraction of sp³-hybridized carbons (Fsp3) is 0.636. The van der Waals surface area contributed by atoms with Gasteiger partial charge in [0, 0.05) is 18.4 Å². The normalized spacial score (nSPS) is 16.0. The summed E-state index contributed by atoms with van der Waals surface area (Å²) in [6.07, 6.45) is 0.221. The minimum Gasteiger partial charge on any atom is -0.445 e. The third-order valence-electron chi connectivity index (χ3n) is 2.91. The predicted molar refractivity (Wildman–Crippen MR) is 67.6 cm³/mol. The molecule has 0 N–H and O–H groups in total. The van der Waals surface area contributed by atoms with Gasteiger partial charge in [0.1, 0.15) is 5.60 Å². The summed E-state index contributed by atoms with van der Waals surface area (Å²) < 4.78 is 45.1. The number of carbonyl (C=O) groups excluding carboxylic acids is 1. The molecule has 0 aromatic carbocycles. The van der Waals surface area contributed by atoms with Crippen molar-refractivity contribution in [2.24, 2.45) is 0 Å². The van der Waals surface area contributed by atoms with Crippen molar-refractivity contribution >= 4 is 18.5 Å². The van der Waals surface area contributed by atoms with Gasteiger partial charge in [0.15, 0.2) is 0 Å². The highest BCUT2D eigenvalue weighted by Crippen LogP contribution is 2.18. The van der Waals surface area contributed by atoms with E-state index in [9.17, 15) is 17.7 Å². The average Bonchev–Trinajstić information content (AvgIpc) is 2.68. The number of rotatable bonds is 1. The number of hydrogen-bond donors (Lipinski definition) is 0. The first-order valence-electron chi connectivity index (χ1n) is 6.30. The molecule has 5 nitrogen and oxygen atoms in total. The van der Waals surface area contributed by atoms with E-state index >= 15 is 0 Å². The number of hydrogen-bond acceptors (Lipinski definition) is 3. The van der Waals surface area contributed by atoms with E-state index in [2.05, 4.69) is 5.10 Å². The van der Waals surface area contributed by atoms with Gasteiger partial charge in [-0.25, -0.2) is 4.79 Å². The second-order valence-electron chi connectivity index (χ2n) is 5.75. The minimum absolute atomic E-state index is 0.0228. The molecular weight excluding hydrogens is 274 g/mol. The highest BCUT2D eigenvalue weighted by Gasteiger charge is 2.34. The van der Waals surface area contributed by atoms with Crippen LogP contribution in [0, 0.1) is 0 Å². The van der Waals surface area contributed by atoms with E-state index in [-0.39, 0.29) is 25.3 Å². The fourth-order valence-corrected chi connectivity index (χ4v) is 2.02. The van der Waals surface area contributed by atoms with Crippen LogP contribution >= 0.6 is 0 Å². The maximum absolute atomic E-state index is 12.9. The number of amides is 1. The first kappa shape index (κ1) is 14.7. The van der Waals surface area contributed by atoms with E-state index < -0.39 is 24.1 Å². The molecule has 0 radical (unpaired) electrons. The molecule has 0 fully saturated rings. The summed E-state index contributed by atoms with van der Waals surface area (Å²) in [4.78, 5) is 13.2. The number of halogens is 3. The fourth-order valence-electron chi connectivity index (χ4n) is 2.02. The van der Waals surface area contributed by atoms with Crippen LogP contribution in [-0.4, -0.2) is 39.9 Å². The molecule has 9 heteroatoms. The third kappa shape index (κ3) is 3.08. The van der Waals surface area contributed by atoms with Crippen LogP contribution in [0.25, 0.3) is 0 Å². The minimum atomic E-state index is -5.13. The van der Waals surface area contributed by atoms with E-state index in [0.717, 1.165) is 6.20 Å². The summed E-state index contributed by atoms with van der Waals surface area (Å²) >= 11 is 0. The lowest BCUT2D eigenvalue weighted by molar-refractivity contribution is 0.0195. The maximum Gasteiger partial charge on any atom is 0.513 e. The maximum atomic E-state index is 12.9. The van der Waals surface area contributed by atoms with Crippen molar-refractivity contribution in [1.29, 1.82) is 0 Å². The Morgan fingerprint density at radius 1 is 1.35 bits per heavy atom. The molecule has 0 bridgehead atoms. The van der Waals surface area contributed by atoms with Crippen LogP contribution in [0.4, 0.5) is 17.7 Å². The van der Waals surface area contributed by atoms with Crippen LogP contribution in [0.1, 0.15) is 26.5 Å². The molecule has 0 aliphatic carbocycles. The molecule has 1 aliphatic rings. The monoisotopic (exact) mass is 290 g/mol. The van der Waals surface area contributed by atoms with E-state index in [1.165, 1.54) is 9.58 Å². The van der Waals surface area contributed by atoms with Gasteiger partial charge in [-0.2, -0.15) is 5.10 Å². The molecule has 0 saturated heterocycles. The van der Waals surface area contributed by atoms with Gasteiger partial charge in [0.05, 0.1) is 13.1 Å². The van der Waals surface area contributed by atoms with E-state index in [0.29, 0.717) is 0 Å². The van der Waals surface area contributed by atoms with Crippen molar-refractivity contribution in [3.05, 3.63) is 11.9 Å². The number of aromatic nitrogens is 2. The quantitative estimate of drug-likeness (QED) is 0.739. The van der Waals surface area contributed by atoms with Crippen LogP contribution < -0.4 is 5.46 Å². The van der Waals surface area contributed by atoms with Gasteiger partial charge in [-0.3, -0.25) is 4.68 Å². The van der Waals surface area contributed by atoms with Crippen LogP contribution in [0.3, 0.4) is 0 Å². The Bertz CT molecular complexity index is 522. The van der Waals surface area contributed by atoms with Crippen LogP contribution in [0.5, 0.6) is 0 Å². The highest BCUT2D eigenvalue weighted by atomic mass is 19.4. The molecule has 0 atom stereocenters. The zero-order valence-electron chi connectivity index (χ0n) is 11.6. The Hall–Kier alpha value is -1.67. The molecule has 20 heavy (non-hydrogen) atoms. The molecule has 1 aromatic rings. The highest BCUT2D eigenvalue weighted by molar-refractivity contribution is 6.73. The summed E-state index contributed by atoms with van der Waals surface area (Å²) in [5.41, 5.74) is -1.39. The first-order valence-corrected chi connectivity index (χ1v) is 6.30. The van der Waals surface area contributed by atoms with E-state index in [4.69, 9.17) is 4.74 Å². The van der Waals surface area contributed by atoms with Crippen LogP contribution in [0.2, 0.25) is 0 Å². The Morgan fingerprint density at radius 2 is 2.00 bits per heavy atom. The standard InChI is InChI=1S/C11H16BF3N3O2/c1-11(2,3)20-10(19)17-4-5-18-9(7-17)8(6-16-18)12(13,14)15/h6H,4-5,7H2,1-3H3/q-1. The summed E-state index contributed by atoms with van der Waals surface area (Å²) in [5.74, 6) is 0. The second kappa shape index (κ2) is 4.71. The average molecular weight is 290 g/mol. The lowest BCUT2D eigenvalue weighted by Gasteiger charge is -2.31. The first-order chi connectivity index (χ1) is 9.08. The summed E-state index contributed by atoms with van der Waals surface area (Å²) in [6, 6.07) is 0. The molecule has 112 valence electrons. The zero-order chi connectivity index (χ0) is 15.1. The molecule has 0 saturated carbocycles. The van der Waals surface area contributed by atoms with Crippen LogP contribution in [-0.2, 0) is 17.8 Å². The lowest BCUT2D eigenvalue weighted by atomic mass is 9.80. The molecule has 0 spiro atoms. The molecule has 1 amide bonds. The van der Waals surface area contributed by atoms with E-state index in [1.54, 1.807) is 20.8 Å². The van der Waals surface area contributed by atoms with Gasteiger partial charge in [-0.15, -0.1) is 0 Å². The lowest BCUT2D eigenvalue weighted by Crippen LogP contribution is -2.45. The smallest absolute Gasteiger partial charge is 0.445 e. The summed E-state index contributed by atoms with van der Waals surface area (Å²) in [7, 11) is 0. The Morgan fingerprint density at radius 3 is 2.55 bits per heavy atom. The number of fused-ring (bicyclic) bond motifs is 1. The zero-order valence-corrected chi connectivity index (χ0v) is 11.6. The molecular formula is C11H16BF3N3O2-. The number of carbonyl (C=O) groups is 1. The van der Waals surface area contributed by atoms with Crippen molar-refractivity contribution in [3.63, 3.8) is 0 Å². The van der Waals surface area contributed by atoms with Crippen molar-refractivity contribution < 1.29 is 22.5 Å². The van der Waals surface area contributed by atoms with Gasteiger partial charge in [0.25, 0.3) is 0 Å². The largest absolute Gasteiger partial charge is 0.513 e. The second-order valence-corrected chi connectivity index (χ2v) is 5.75. The molecule has 2 heterocycles. The van der Waals surface area contributed by atoms with Crippen molar-refractivity contribution in [1.82, 2.24) is 14.7 Å². The third-order valence-corrected chi connectivity index (χ3v) is 2.91. The number of nitrogens with zero attached hydrogens (tertiary/aromatic N) is 3. The summed E-state index contributed by atoms with van der Waals surface area (Å²) in [5, 5.41) is 3.73. The predicted octanol–water partition coefficient (Wildman–Crippen LogP) is 1.69. The van der Waals surface area contributed by atoms with Gasteiger partial charge in [0.2, 0.25) is 0 Å². The van der Waals surface area contributed by atoms with Crippen molar-refractivity contribution in [2.45, 2.75) is 39.5 Å². The Labute approximate surface area is 114 Å². The molecule has 0 unspecified atom stereocenters.